The van der Waals surface area contributed by atoms with Gasteiger partial charge in [0.05, 0.1) is 17.7 Å². The zero-order valence-corrected chi connectivity index (χ0v) is 18.3. The maximum Gasteiger partial charge on any atom is 0.416 e. The molecule has 13 heteroatoms. The second-order valence-electron chi connectivity index (χ2n) is 6.32. The van der Waals surface area contributed by atoms with E-state index >= 15 is 0 Å². The third-order valence-electron chi connectivity index (χ3n) is 3.99. The van der Waals surface area contributed by atoms with Gasteiger partial charge in [0.25, 0.3) is 5.91 Å². The SMILES string of the molecule is COc1ccc(NC(=O)C(C)OC(=O)CNS(=O)(=O)c2cc(C(F)(F)F)ccc2Cl)cc1. The van der Waals surface area contributed by atoms with Crippen LogP contribution < -0.4 is 14.8 Å². The molecule has 0 heterocycles. The van der Waals surface area contributed by atoms with Crippen molar-refractivity contribution in [2.45, 2.75) is 24.1 Å². The topological polar surface area (TPSA) is 111 Å². The van der Waals surface area contributed by atoms with E-state index in [2.05, 4.69) is 5.32 Å². The first-order chi connectivity index (χ1) is 14.8. The van der Waals surface area contributed by atoms with Crippen molar-refractivity contribution in [1.82, 2.24) is 4.72 Å². The Kier molecular flexibility index (Phi) is 8.10. The van der Waals surface area contributed by atoms with Crippen molar-refractivity contribution in [3.05, 3.63) is 53.1 Å². The molecule has 0 aliphatic carbocycles. The van der Waals surface area contributed by atoms with Crippen molar-refractivity contribution in [2.24, 2.45) is 0 Å². The highest BCUT2D eigenvalue weighted by atomic mass is 35.5. The minimum atomic E-state index is -4.79. The number of carbonyl (C=O) groups is 2. The molecule has 8 nitrogen and oxygen atoms in total. The first-order valence-electron chi connectivity index (χ1n) is 8.84. The molecule has 0 spiro atoms. The monoisotopic (exact) mass is 494 g/mol. The van der Waals surface area contributed by atoms with Gasteiger partial charge < -0.3 is 14.8 Å². The van der Waals surface area contributed by atoms with Crippen LogP contribution in [0.3, 0.4) is 0 Å². The van der Waals surface area contributed by atoms with E-state index in [1.807, 2.05) is 0 Å². The van der Waals surface area contributed by atoms with E-state index in [4.69, 9.17) is 21.1 Å². The van der Waals surface area contributed by atoms with Gasteiger partial charge in [-0.25, -0.2) is 8.42 Å². The molecule has 0 aliphatic heterocycles. The molecular formula is C19H18ClF3N2O6S. The number of ether oxygens (including phenoxy) is 2. The molecule has 2 aromatic carbocycles. The van der Waals surface area contributed by atoms with E-state index in [1.165, 1.54) is 14.0 Å². The smallest absolute Gasteiger partial charge is 0.416 e. The predicted octanol–water partition coefficient (Wildman–Crippen LogP) is 3.22. The van der Waals surface area contributed by atoms with Gasteiger partial charge in [0.1, 0.15) is 17.2 Å². The zero-order chi connectivity index (χ0) is 24.1. The van der Waals surface area contributed by atoms with Gasteiger partial charge in [-0.05, 0) is 49.4 Å². The molecule has 32 heavy (non-hydrogen) atoms. The Hall–Kier alpha value is -2.83. The molecule has 2 aromatic rings. The zero-order valence-electron chi connectivity index (χ0n) is 16.7. The summed E-state index contributed by atoms with van der Waals surface area (Å²) in [4.78, 5) is 23.2. The Bertz CT molecular complexity index is 1090. The molecule has 1 amide bonds. The normalized spacial score (nSPS) is 12.7. The number of rotatable bonds is 8. The van der Waals surface area contributed by atoms with E-state index in [9.17, 15) is 31.2 Å². The summed E-state index contributed by atoms with van der Waals surface area (Å²) in [5.74, 6) is -1.25. The maximum absolute atomic E-state index is 12.8. The van der Waals surface area contributed by atoms with Crippen LogP contribution in [0.25, 0.3) is 0 Å². The highest BCUT2D eigenvalue weighted by molar-refractivity contribution is 7.89. The number of hydrogen-bond donors (Lipinski definition) is 2. The molecule has 1 atom stereocenters. The molecule has 0 bridgehead atoms. The molecule has 0 saturated heterocycles. The van der Waals surface area contributed by atoms with Crippen molar-refractivity contribution >= 4 is 39.2 Å². The maximum atomic E-state index is 12.8. The third-order valence-corrected chi connectivity index (χ3v) is 5.87. The number of benzene rings is 2. The molecule has 0 aromatic heterocycles. The third kappa shape index (κ3) is 6.84. The summed E-state index contributed by atoms with van der Waals surface area (Å²) in [5.41, 5.74) is -0.827. The second-order valence-corrected chi connectivity index (χ2v) is 8.46. The molecule has 2 rings (SSSR count). The number of carbonyl (C=O) groups excluding carboxylic acids is 2. The van der Waals surface area contributed by atoms with E-state index in [1.54, 1.807) is 29.0 Å². The first-order valence-corrected chi connectivity index (χ1v) is 10.7. The lowest BCUT2D eigenvalue weighted by molar-refractivity contribution is -0.151. The van der Waals surface area contributed by atoms with Crippen LogP contribution in [-0.2, 0) is 30.5 Å². The average molecular weight is 495 g/mol. The van der Waals surface area contributed by atoms with Crippen LogP contribution in [0.4, 0.5) is 18.9 Å². The van der Waals surface area contributed by atoms with E-state index < -0.39 is 56.2 Å². The molecule has 0 radical (unpaired) electrons. The number of amides is 1. The van der Waals surface area contributed by atoms with Crippen molar-refractivity contribution in [1.29, 1.82) is 0 Å². The fraction of sp³-hybridized carbons (Fsp3) is 0.263. The Morgan fingerprint density at radius 1 is 1.12 bits per heavy atom. The number of methoxy groups -OCH3 is 1. The van der Waals surface area contributed by atoms with E-state index in [-0.39, 0.29) is 0 Å². The van der Waals surface area contributed by atoms with Gasteiger partial charge in [-0.15, -0.1) is 0 Å². The Morgan fingerprint density at radius 2 is 1.75 bits per heavy atom. The van der Waals surface area contributed by atoms with Gasteiger partial charge in [-0.1, -0.05) is 11.6 Å². The average Bonchev–Trinajstić information content (AvgIpc) is 2.72. The van der Waals surface area contributed by atoms with Crippen LogP contribution in [0.2, 0.25) is 5.02 Å². The summed E-state index contributed by atoms with van der Waals surface area (Å²) in [6.07, 6.45) is -6.08. The predicted molar refractivity (Wildman–Crippen MR) is 109 cm³/mol. The molecule has 1 unspecified atom stereocenters. The molecule has 2 N–H and O–H groups in total. The highest BCUT2D eigenvalue weighted by Crippen LogP contribution is 2.33. The van der Waals surface area contributed by atoms with Gasteiger partial charge in [0, 0.05) is 5.69 Å². The van der Waals surface area contributed by atoms with Crippen molar-refractivity contribution in [3.8, 4) is 5.75 Å². The Morgan fingerprint density at radius 3 is 2.31 bits per heavy atom. The Labute approximate surface area is 186 Å². The lowest BCUT2D eigenvalue weighted by Crippen LogP contribution is -2.36. The van der Waals surface area contributed by atoms with Crippen molar-refractivity contribution < 1.29 is 40.7 Å². The van der Waals surface area contributed by atoms with Crippen LogP contribution in [0.5, 0.6) is 5.75 Å². The summed E-state index contributed by atoms with van der Waals surface area (Å²) in [7, 11) is -3.10. The van der Waals surface area contributed by atoms with Gasteiger partial charge in [-0.3, -0.25) is 9.59 Å². The molecule has 174 valence electrons. The summed E-state index contributed by atoms with van der Waals surface area (Å²) in [6, 6.07) is 8.05. The number of alkyl halides is 3. The number of anilines is 1. The number of sulfonamides is 1. The minimum Gasteiger partial charge on any atom is -0.497 e. The fourth-order valence-corrected chi connectivity index (χ4v) is 3.82. The number of nitrogens with one attached hydrogen (secondary N) is 2. The number of hydrogen-bond acceptors (Lipinski definition) is 6. The van der Waals surface area contributed by atoms with Gasteiger partial charge in [0.15, 0.2) is 6.10 Å². The first kappa shape index (κ1) is 25.4. The summed E-state index contributed by atoms with van der Waals surface area (Å²) >= 11 is 5.70. The second kappa shape index (κ2) is 10.2. The number of halogens is 4. The van der Waals surface area contributed by atoms with Crippen LogP contribution in [0.1, 0.15) is 12.5 Å². The largest absolute Gasteiger partial charge is 0.497 e. The van der Waals surface area contributed by atoms with Gasteiger partial charge in [-0.2, -0.15) is 17.9 Å². The van der Waals surface area contributed by atoms with Crippen molar-refractivity contribution in [2.75, 3.05) is 19.0 Å². The molecule has 0 aliphatic rings. The van der Waals surface area contributed by atoms with Crippen molar-refractivity contribution in [3.63, 3.8) is 0 Å². The van der Waals surface area contributed by atoms with Crippen LogP contribution in [0.15, 0.2) is 47.4 Å². The highest BCUT2D eigenvalue weighted by Gasteiger charge is 2.33. The lowest BCUT2D eigenvalue weighted by Gasteiger charge is -2.15. The van der Waals surface area contributed by atoms with Crippen LogP contribution in [0, 0.1) is 0 Å². The summed E-state index contributed by atoms with van der Waals surface area (Å²) in [5, 5.41) is 2.02. The Balaban J connectivity index is 1.97. The van der Waals surface area contributed by atoms with Gasteiger partial charge in [0.2, 0.25) is 10.0 Å². The summed E-state index contributed by atoms with van der Waals surface area (Å²) in [6.45, 7) is 0.323. The quantitative estimate of drug-likeness (QED) is 0.545. The van der Waals surface area contributed by atoms with E-state index in [0.717, 1.165) is 6.07 Å². The molecule has 0 fully saturated rings. The molecular weight excluding hydrogens is 477 g/mol. The minimum absolute atomic E-state index is 0.348. The summed E-state index contributed by atoms with van der Waals surface area (Å²) < 4.78 is 74.7. The number of esters is 1. The molecule has 0 saturated carbocycles. The lowest BCUT2D eigenvalue weighted by atomic mass is 10.2. The standard InChI is InChI=1S/C19H18ClF3N2O6S/c1-11(18(27)25-13-4-6-14(30-2)7-5-13)31-17(26)10-24-32(28,29)16-9-12(19(21,22)23)3-8-15(16)20/h3-9,11,24H,10H2,1-2H3,(H,25,27). The van der Waals surface area contributed by atoms with E-state index in [0.29, 0.717) is 23.6 Å². The van der Waals surface area contributed by atoms with Gasteiger partial charge >= 0.3 is 12.1 Å². The fourth-order valence-electron chi connectivity index (χ4n) is 2.33. The van der Waals surface area contributed by atoms with Crippen LogP contribution in [-0.4, -0.2) is 40.1 Å². The van der Waals surface area contributed by atoms with Crippen LogP contribution >= 0.6 is 11.6 Å².